The van der Waals surface area contributed by atoms with Crippen molar-refractivity contribution >= 4 is 6.03 Å². The van der Waals surface area contributed by atoms with Crippen molar-refractivity contribution in [3.05, 3.63) is 11.8 Å². The number of hydrogen-bond acceptors (Lipinski definition) is 1. The second kappa shape index (κ2) is 5.28. The van der Waals surface area contributed by atoms with E-state index >= 15 is 0 Å². The van der Waals surface area contributed by atoms with Gasteiger partial charge in [-0.15, -0.1) is 0 Å². The Kier molecular flexibility index (Phi) is 3.50. The molecule has 0 spiro atoms. The van der Waals surface area contributed by atoms with Crippen molar-refractivity contribution in [2.75, 3.05) is 0 Å². The first-order valence-corrected chi connectivity index (χ1v) is 9.28. The van der Waals surface area contributed by atoms with Crippen molar-refractivity contribution in [3.63, 3.8) is 0 Å². The van der Waals surface area contributed by atoms with Gasteiger partial charge in [0.05, 0.1) is 0 Å². The molecule has 5 rings (SSSR count). The first kappa shape index (κ1) is 14.6. The van der Waals surface area contributed by atoms with Crippen LogP contribution in [0, 0.1) is 29.1 Å². The summed E-state index contributed by atoms with van der Waals surface area (Å²) in [7, 11) is 0. The molecule has 22 heavy (non-hydrogen) atoms. The molecule has 2 N–H and O–H groups in total. The zero-order valence-corrected chi connectivity index (χ0v) is 14.0. The molecule has 5 fully saturated rings. The maximum atomic E-state index is 12.2. The summed E-state index contributed by atoms with van der Waals surface area (Å²) in [6.45, 7) is 4.37. The van der Waals surface area contributed by atoms with Gasteiger partial charge < -0.3 is 10.6 Å². The molecule has 1 atom stereocenters. The van der Waals surface area contributed by atoms with Gasteiger partial charge in [-0.05, 0) is 94.3 Å². The van der Waals surface area contributed by atoms with Crippen LogP contribution in [0.15, 0.2) is 11.8 Å². The Morgan fingerprint density at radius 2 is 1.64 bits per heavy atom. The van der Waals surface area contributed by atoms with Crippen LogP contribution < -0.4 is 10.6 Å². The zero-order valence-electron chi connectivity index (χ0n) is 14.0. The fourth-order valence-corrected chi connectivity index (χ4v) is 5.94. The number of carbonyl (C=O) groups excluding carboxylic acids is 1. The molecule has 5 aliphatic carbocycles. The molecule has 0 heterocycles. The fraction of sp³-hybridized carbons (Fsp3) is 0.842. The summed E-state index contributed by atoms with van der Waals surface area (Å²) in [5.41, 5.74) is 1.71. The highest BCUT2D eigenvalue weighted by Gasteiger charge is 2.53. The maximum Gasteiger partial charge on any atom is 0.318 e. The van der Waals surface area contributed by atoms with E-state index in [0.29, 0.717) is 11.5 Å². The maximum absolute atomic E-state index is 12.2. The average Bonchev–Trinajstić information content (AvgIpc) is 3.27. The number of amides is 2. The first-order chi connectivity index (χ1) is 10.5. The summed E-state index contributed by atoms with van der Waals surface area (Å²) in [6, 6.07) is 0.291. The molecule has 4 bridgehead atoms. The van der Waals surface area contributed by atoms with E-state index in [1.807, 2.05) is 6.20 Å². The lowest BCUT2D eigenvalue weighted by atomic mass is 9.48. The summed E-state index contributed by atoms with van der Waals surface area (Å²) in [6.07, 6.45) is 12.9. The fourth-order valence-electron chi connectivity index (χ4n) is 5.94. The molecule has 0 aromatic carbocycles. The van der Waals surface area contributed by atoms with Crippen LogP contribution in [-0.4, -0.2) is 12.1 Å². The molecule has 122 valence electrons. The zero-order chi connectivity index (χ0) is 15.3. The van der Waals surface area contributed by atoms with E-state index in [1.54, 1.807) is 0 Å². The number of carbonyl (C=O) groups is 1. The number of allylic oxidation sites excluding steroid dienone is 1. The highest BCUT2D eigenvalue weighted by Crippen LogP contribution is 2.61. The minimum Gasteiger partial charge on any atom is -0.335 e. The lowest BCUT2D eigenvalue weighted by molar-refractivity contribution is -0.0681. The molecular weight excluding hydrogens is 272 g/mol. The lowest BCUT2D eigenvalue weighted by Crippen LogP contribution is -2.56. The van der Waals surface area contributed by atoms with Gasteiger partial charge in [0.15, 0.2) is 0 Å². The molecule has 0 radical (unpaired) electrons. The normalized spacial score (nSPS) is 41.4. The van der Waals surface area contributed by atoms with Gasteiger partial charge in [-0.1, -0.05) is 5.57 Å². The highest BCUT2D eigenvalue weighted by atomic mass is 16.2. The van der Waals surface area contributed by atoms with E-state index in [0.717, 1.165) is 23.7 Å². The second-order valence-electron chi connectivity index (χ2n) is 8.78. The van der Waals surface area contributed by atoms with E-state index in [-0.39, 0.29) is 6.03 Å². The van der Waals surface area contributed by atoms with Crippen molar-refractivity contribution in [3.8, 4) is 0 Å². The summed E-state index contributed by atoms with van der Waals surface area (Å²) in [4.78, 5) is 12.2. The molecule has 0 aromatic heterocycles. The topological polar surface area (TPSA) is 41.1 Å². The van der Waals surface area contributed by atoms with E-state index in [2.05, 4.69) is 24.5 Å². The monoisotopic (exact) mass is 302 g/mol. The Bertz CT molecular complexity index is 456. The van der Waals surface area contributed by atoms with Crippen molar-refractivity contribution in [2.24, 2.45) is 29.1 Å². The third-order valence-electron chi connectivity index (χ3n) is 7.00. The minimum atomic E-state index is -0.0109. The van der Waals surface area contributed by atoms with Crippen LogP contribution in [0.1, 0.15) is 65.2 Å². The van der Waals surface area contributed by atoms with E-state index in [9.17, 15) is 4.79 Å². The molecule has 0 saturated heterocycles. The van der Waals surface area contributed by atoms with Gasteiger partial charge in [0, 0.05) is 12.2 Å². The Balaban J connectivity index is 1.36. The van der Waals surface area contributed by atoms with Crippen LogP contribution in [-0.2, 0) is 0 Å². The van der Waals surface area contributed by atoms with Crippen molar-refractivity contribution in [2.45, 2.75) is 71.3 Å². The van der Waals surface area contributed by atoms with E-state index in [1.165, 1.54) is 56.9 Å². The minimum absolute atomic E-state index is 0.0109. The number of rotatable bonds is 4. The number of hydrogen-bond donors (Lipinski definition) is 2. The quantitative estimate of drug-likeness (QED) is 0.802. The second-order valence-corrected chi connectivity index (χ2v) is 8.78. The van der Waals surface area contributed by atoms with Crippen LogP contribution in [0.3, 0.4) is 0 Å². The first-order valence-electron chi connectivity index (χ1n) is 9.28. The van der Waals surface area contributed by atoms with Crippen LogP contribution in [0.25, 0.3) is 0 Å². The predicted octanol–water partition coefficient (Wildman–Crippen LogP) is 4.20. The summed E-state index contributed by atoms with van der Waals surface area (Å²) < 4.78 is 0. The van der Waals surface area contributed by atoms with Crippen LogP contribution in [0.4, 0.5) is 4.79 Å². The molecule has 5 aliphatic rings. The largest absolute Gasteiger partial charge is 0.335 e. The predicted molar refractivity (Wildman–Crippen MR) is 88.2 cm³/mol. The Labute approximate surface area is 134 Å². The molecule has 1 unspecified atom stereocenters. The summed E-state index contributed by atoms with van der Waals surface area (Å²) in [5, 5.41) is 6.21. The molecule has 2 amide bonds. The van der Waals surface area contributed by atoms with E-state index in [4.69, 9.17) is 0 Å². The lowest BCUT2D eigenvalue weighted by Gasteiger charge is -2.59. The van der Waals surface area contributed by atoms with Gasteiger partial charge in [-0.3, -0.25) is 0 Å². The molecule has 5 saturated carbocycles. The summed E-state index contributed by atoms with van der Waals surface area (Å²) >= 11 is 0. The molecular formula is C19H30N2O. The standard InChI is InChI=1S/C19H30N2O/c1-12(17-3-4-17)11-20-18(22)21-13(2)19-8-14-5-15(9-19)7-16(6-14)10-19/h11,13-17H,3-10H2,1-2H3,(H2,20,21,22)/b12-11+. The van der Waals surface area contributed by atoms with Gasteiger partial charge in [-0.25, -0.2) is 4.79 Å². The SMILES string of the molecule is C/C(=C\NC(=O)NC(C)C12CC3CC(CC(C3)C1)C2)C1CC1. The number of nitrogens with one attached hydrogen (secondary N) is 2. The Hall–Kier alpha value is -0.990. The third-order valence-corrected chi connectivity index (χ3v) is 7.00. The summed E-state index contributed by atoms with van der Waals surface area (Å²) in [5.74, 6) is 3.54. The van der Waals surface area contributed by atoms with Crippen LogP contribution in [0.5, 0.6) is 0 Å². The molecule has 3 heteroatoms. The Morgan fingerprint density at radius 3 is 2.14 bits per heavy atom. The third kappa shape index (κ3) is 2.68. The van der Waals surface area contributed by atoms with Crippen molar-refractivity contribution in [1.29, 1.82) is 0 Å². The van der Waals surface area contributed by atoms with Crippen molar-refractivity contribution in [1.82, 2.24) is 10.6 Å². The van der Waals surface area contributed by atoms with E-state index < -0.39 is 0 Å². The molecule has 0 aromatic rings. The molecule has 3 nitrogen and oxygen atoms in total. The van der Waals surface area contributed by atoms with Gasteiger partial charge in [0.25, 0.3) is 0 Å². The Morgan fingerprint density at radius 1 is 1.09 bits per heavy atom. The van der Waals surface area contributed by atoms with Gasteiger partial charge in [0.2, 0.25) is 0 Å². The number of urea groups is 1. The van der Waals surface area contributed by atoms with Crippen molar-refractivity contribution < 1.29 is 4.79 Å². The average molecular weight is 302 g/mol. The van der Waals surface area contributed by atoms with Gasteiger partial charge >= 0.3 is 6.03 Å². The molecule has 0 aliphatic heterocycles. The van der Waals surface area contributed by atoms with Gasteiger partial charge in [-0.2, -0.15) is 0 Å². The highest BCUT2D eigenvalue weighted by molar-refractivity contribution is 5.75. The smallest absolute Gasteiger partial charge is 0.318 e. The van der Waals surface area contributed by atoms with Crippen LogP contribution >= 0.6 is 0 Å². The van der Waals surface area contributed by atoms with Gasteiger partial charge in [0.1, 0.15) is 0 Å². The van der Waals surface area contributed by atoms with Crippen LogP contribution in [0.2, 0.25) is 0 Å².